The van der Waals surface area contributed by atoms with Gasteiger partial charge in [-0.1, -0.05) is 37.3 Å². The summed E-state index contributed by atoms with van der Waals surface area (Å²) < 4.78 is 7.63. The van der Waals surface area contributed by atoms with E-state index in [1.807, 2.05) is 36.4 Å². The highest BCUT2D eigenvalue weighted by molar-refractivity contribution is 7.80. The molecule has 0 radical (unpaired) electrons. The van der Waals surface area contributed by atoms with Gasteiger partial charge in [0.1, 0.15) is 5.00 Å². The number of carbonyl (C=O) groups excluding carboxylic acids is 2. The van der Waals surface area contributed by atoms with Crippen molar-refractivity contribution in [1.29, 1.82) is 0 Å². The van der Waals surface area contributed by atoms with Gasteiger partial charge >= 0.3 is 5.97 Å². The second-order valence-electron chi connectivity index (χ2n) is 10.2. The molecule has 1 aliphatic carbocycles. The van der Waals surface area contributed by atoms with Gasteiger partial charge in [-0.2, -0.15) is 0 Å². The molecule has 202 valence electrons. The van der Waals surface area contributed by atoms with Crippen LogP contribution >= 0.6 is 23.6 Å². The predicted molar refractivity (Wildman–Crippen MR) is 162 cm³/mol. The van der Waals surface area contributed by atoms with Gasteiger partial charge in [0.05, 0.1) is 12.2 Å². The van der Waals surface area contributed by atoms with Gasteiger partial charge in [-0.05, 0) is 93.1 Å². The Bertz CT molecular complexity index is 1570. The number of nitrogens with zero attached hydrogens (tertiary/aromatic N) is 1. The minimum absolute atomic E-state index is 0.159. The molecule has 0 fully saturated rings. The van der Waals surface area contributed by atoms with Crippen molar-refractivity contribution in [1.82, 2.24) is 9.88 Å². The Morgan fingerprint density at radius 3 is 2.67 bits per heavy atom. The predicted octanol–water partition coefficient (Wildman–Crippen LogP) is 6.80. The second kappa shape index (κ2) is 11.3. The van der Waals surface area contributed by atoms with Crippen molar-refractivity contribution >= 4 is 56.4 Å². The summed E-state index contributed by atoms with van der Waals surface area (Å²) in [4.78, 5) is 27.2. The molecule has 39 heavy (non-hydrogen) atoms. The number of aromatic nitrogens is 1. The Kier molecular flexibility index (Phi) is 7.86. The smallest absolute Gasteiger partial charge is 0.341 e. The molecule has 0 bridgehead atoms. The number of aryl methyl sites for hydroxylation is 1. The molecule has 1 aliphatic rings. The van der Waals surface area contributed by atoms with Crippen LogP contribution in [0.3, 0.4) is 0 Å². The number of hydrogen-bond acceptors (Lipinski definition) is 5. The van der Waals surface area contributed by atoms with E-state index in [1.165, 1.54) is 27.5 Å². The number of benzene rings is 2. The van der Waals surface area contributed by atoms with Crippen LogP contribution in [0.25, 0.3) is 10.9 Å². The lowest BCUT2D eigenvalue weighted by molar-refractivity contribution is 0.0526. The molecule has 6 nitrogen and oxygen atoms in total. The quantitative estimate of drug-likeness (QED) is 0.201. The van der Waals surface area contributed by atoms with Gasteiger partial charge < -0.3 is 14.6 Å². The molecule has 5 rings (SSSR count). The van der Waals surface area contributed by atoms with Crippen LogP contribution in [0.1, 0.15) is 68.2 Å². The van der Waals surface area contributed by atoms with Crippen LogP contribution in [-0.4, -0.2) is 28.2 Å². The first kappa shape index (κ1) is 27.1. The van der Waals surface area contributed by atoms with Crippen LogP contribution in [0.4, 0.5) is 5.00 Å². The van der Waals surface area contributed by atoms with Crippen LogP contribution in [-0.2, 0) is 24.1 Å². The standard InChI is InChI=1S/C31H33N3O3S2/c1-5-37-30(36)27-23-13-11-18(2)15-26(23)39-29(27)33-31(38)32-28(35)22-12-14-25-24(16-22)19(3)20(4)34(25)17-21-9-7-6-8-10-21/h6-10,12,14,16,18H,5,11,13,15,17H2,1-4H3,(H2,32,33,35,38)/t18-/m1/s1. The number of carbonyl (C=O) groups is 2. The van der Waals surface area contributed by atoms with Crippen LogP contribution in [0.5, 0.6) is 0 Å². The average molecular weight is 560 g/mol. The van der Waals surface area contributed by atoms with E-state index in [0.29, 0.717) is 28.7 Å². The van der Waals surface area contributed by atoms with E-state index >= 15 is 0 Å². The molecule has 1 amide bonds. The Labute approximate surface area is 238 Å². The summed E-state index contributed by atoms with van der Waals surface area (Å²) in [5.74, 6) is -0.0809. The number of rotatable bonds is 6. The zero-order valence-electron chi connectivity index (χ0n) is 22.7. The summed E-state index contributed by atoms with van der Waals surface area (Å²) in [7, 11) is 0. The number of thiocarbonyl (C=S) groups is 1. The molecule has 1 atom stereocenters. The molecule has 0 saturated carbocycles. The molecule has 8 heteroatoms. The molecule has 2 heterocycles. The van der Waals surface area contributed by atoms with Crippen molar-refractivity contribution in [2.45, 2.75) is 53.5 Å². The minimum Gasteiger partial charge on any atom is -0.462 e. The van der Waals surface area contributed by atoms with Crippen LogP contribution in [0, 0.1) is 19.8 Å². The number of anilines is 1. The van der Waals surface area contributed by atoms with Crippen molar-refractivity contribution in [2.24, 2.45) is 5.92 Å². The number of thiophene rings is 1. The van der Waals surface area contributed by atoms with Crippen molar-refractivity contribution in [3.63, 3.8) is 0 Å². The summed E-state index contributed by atoms with van der Waals surface area (Å²) in [6, 6.07) is 16.1. The van der Waals surface area contributed by atoms with E-state index < -0.39 is 0 Å². The van der Waals surface area contributed by atoms with Gasteiger partial charge in [-0.15, -0.1) is 11.3 Å². The van der Waals surface area contributed by atoms with Gasteiger partial charge in [0.15, 0.2) is 5.11 Å². The van der Waals surface area contributed by atoms with E-state index in [-0.39, 0.29) is 17.0 Å². The molecule has 0 unspecified atom stereocenters. The zero-order chi connectivity index (χ0) is 27.7. The molecule has 0 saturated heterocycles. The minimum atomic E-state index is -0.350. The molecular weight excluding hydrogens is 526 g/mol. The number of ether oxygens (including phenoxy) is 1. The van der Waals surface area contributed by atoms with E-state index in [4.69, 9.17) is 17.0 Å². The van der Waals surface area contributed by atoms with E-state index in [0.717, 1.165) is 47.8 Å². The molecule has 2 aromatic carbocycles. The summed E-state index contributed by atoms with van der Waals surface area (Å²) in [5, 5.41) is 7.77. The van der Waals surface area contributed by atoms with Gasteiger partial charge in [0.25, 0.3) is 5.91 Å². The molecule has 2 N–H and O–H groups in total. The van der Waals surface area contributed by atoms with E-state index in [2.05, 4.69) is 48.1 Å². The lowest BCUT2D eigenvalue weighted by atomic mass is 9.88. The van der Waals surface area contributed by atoms with Crippen molar-refractivity contribution in [3.05, 3.63) is 86.9 Å². The fraction of sp³-hybridized carbons (Fsp3) is 0.323. The molecule has 0 aliphatic heterocycles. The molecular formula is C31H33N3O3S2. The first-order valence-corrected chi connectivity index (χ1v) is 14.6. The van der Waals surface area contributed by atoms with Crippen molar-refractivity contribution in [3.8, 4) is 0 Å². The fourth-order valence-corrected chi connectivity index (χ4v) is 6.99. The van der Waals surface area contributed by atoms with Crippen molar-refractivity contribution in [2.75, 3.05) is 11.9 Å². The number of amides is 1. The first-order valence-electron chi connectivity index (χ1n) is 13.3. The molecule has 2 aromatic heterocycles. The highest BCUT2D eigenvalue weighted by Gasteiger charge is 2.29. The Morgan fingerprint density at radius 2 is 1.92 bits per heavy atom. The summed E-state index contributed by atoms with van der Waals surface area (Å²) in [6.45, 7) is 9.29. The third kappa shape index (κ3) is 5.49. The largest absolute Gasteiger partial charge is 0.462 e. The third-order valence-electron chi connectivity index (χ3n) is 7.53. The average Bonchev–Trinajstić information content (AvgIpc) is 3.38. The summed E-state index contributed by atoms with van der Waals surface area (Å²) in [5.41, 5.74) is 6.75. The Morgan fingerprint density at radius 1 is 1.15 bits per heavy atom. The summed E-state index contributed by atoms with van der Waals surface area (Å²) in [6.07, 6.45) is 2.80. The maximum Gasteiger partial charge on any atom is 0.341 e. The molecule has 0 spiro atoms. The SMILES string of the molecule is CCOC(=O)c1c(NC(=S)NC(=O)c2ccc3c(c2)c(C)c(C)n3Cc2ccccc2)sc2c1CC[C@@H](C)C2. The lowest BCUT2D eigenvalue weighted by Gasteiger charge is -2.18. The van der Waals surface area contributed by atoms with Crippen molar-refractivity contribution < 1.29 is 14.3 Å². The normalized spacial score (nSPS) is 14.6. The van der Waals surface area contributed by atoms with E-state index in [1.54, 1.807) is 6.92 Å². The fourth-order valence-electron chi connectivity index (χ4n) is 5.33. The first-order chi connectivity index (χ1) is 18.8. The maximum atomic E-state index is 13.2. The maximum absolute atomic E-state index is 13.2. The monoisotopic (exact) mass is 559 g/mol. The third-order valence-corrected chi connectivity index (χ3v) is 8.90. The highest BCUT2D eigenvalue weighted by atomic mass is 32.1. The van der Waals surface area contributed by atoms with Crippen LogP contribution in [0.2, 0.25) is 0 Å². The number of hydrogen-bond donors (Lipinski definition) is 2. The molecule has 4 aromatic rings. The topological polar surface area (TPSA) is 72.4 Å². The van der Waals surface area contributed by atoms with Crippen LogP contribution in [0.15, 0.2) is 48.5 Å². The van der Waals surface area contributed by atoms with Crippen LogP contribution < -0.4 is 10.6 Å². The summed E-state index contributed by atoms with van der Waals surface area (Å²) >= 11 is 7.04. The van der Waals surface area contributed by atoms with Gasteiger partial charge in [0.2, 0.25) is 0 Å². The highest BCUT2D eigenvalue weighted by Crippen LogP contribution is 2.40. The lowest BCUT2D eigenvalue weighted by Crippen LogP contribution is -2.34. The number of fused-ring (bicyclic) bond motifs is 2. The second-order valence-corrected chi connectivity index (χ2v) is 11.7. The number of nitrogens with one attached hydrogen (secondary N) is 2. The zero-order valence-corrected chi connectivity index (χ0v) is 24.4. The van der Waals surface area contributed by atoms with Gasteiger partial charge in [0, 0.05) is 33.6 Å². The number of esters is 1. The van der Waals surface area contributed by atoms with E-state index in [9.17, 15) is 9.59 Å². The Balaban J connectivity index is 1.35. The van der Waals surface area contributed by atoms with Gasteiger partial charge in [-0.25, -0.2) is 4.79 Å². The van der Waals surface area contributed by atoms with Gasteiger partial charge in [-0.3, -0.25) is 10.1 Å². The Hall–Kier alpha value is -3.49.